The molecule has 0 radical (unpaired) electrons. The molecule has 0 aliphatic rings. The average molecular weight is 277 g/mol. The van der Waals surface area contributed by atoms with E-state index >= 15 is 0 Å². The molecule has 2 rings (SSSR count). The van der Waals surface area contributed by atoms with Crippen molar-refractivity contribution in [3.8, 4) is 0 Å². The normalized spacial score (nSPS) is 10.2. The summed E-state index contributed by atoms with van der Waals surface area (Å²) in [5.74, 6) is 0. The van der Waals surface area contributed by atoms with Crippen LogP contribution in [0.3, 0.4) is 0 Å². The first-order valence-corrected chi connectivity index (χ1v) is 6.31. The van der Waals surface area contributed by atoms with Crippen LogP contribution >= 0.6 is 12.2 Å². The van der Waals surface area contributed by atoms with Crippen LogP contribution in [-0.4, -0.2) is 22.4 Å². The second kappa shape index (κ2) is 5.71. The van der Waals surface area contributed by atoms with Crippen molar-refractivity contribution < 1.29 is 9.53 Å². The highest BCUT2D eigenvalue weighted by Crippen LogP contribution is 2.23. The summed E-state index contributed by atoms with van der Waals surface area (Å²) in [7, 11) is 1.97. The Labute approximate surface area is 116 Å². The summed E-state index contributed by atoms with van der Waals surface area (Å²) >= 11 is 5.07. The number of nitrogens with zero attached hydrogens (tertiary/aromatic N) is 1. The van der Waals surface area contributed by atoms with E-state index < -0.39 is 6.09 Å². The van der Waals surface area contributed by atoms with Crippen LogP contribution in [-0.2, 0) is 11.8 Å². The summed E-state index contributed by atoms with van der Waals surface area (Å²) in [4.78, 5) is 11.2. The minimum absolute atomic E-state index is 0.217. The fourth-order valence-electron chi connectivity index (χ4n) is 1.82. The topological polar surface area (TPSA) is 55.3 Å². The molecule has 1 aromatic carbocycles. The van der Waals surface area contributed by atoms with E-state index in [0.29, 0.717) is 6.61 Å². The fourth-order valence-corrected chi connectivity index (χ4v) is 2.02. The number of benzene rings is 1. The monoisotopic (exact) mass is 277 g/mol. The smallest absolute Gasteiger partial charge is 0.413 e. The minimum Gasteiger partial charge on any atom is -0.450 e. The molecule has 1 aromatic heterocycles. The number of rotatable bonds is 2. The van der Waals surface area contributed by atoms with Gasteiger partial charge in [0.2, 0.25) is 0 Å². The Hall–Kier alpha value is -2.08. The van der Waals surface area contributed by atoms with Gasteiger partial charge in [0.15, 0.2) is 5.11 Å². The second-order valence-electron chi connectivity index (χ2n) is 3.96. The van der Waals surface area contributed by atoms with Crippen molar-refractivity contribution in [3.63, 3.8) is 0 Å². The zero-order chi connectivity index (χ0) is 13.8. The maximum Gasteiger partial charge on any atom is 0.413 e. The summed E-state index contributed by atoms with van der Waals surface area (Å²) < 4.78 is 6.78. The van der Waals surface area contributed by atoms with Crippen LogP contribution in [0.25, 0.3) is 10.9 Å². The molecule has 0 saturated carbocycles. The number of fused-ring (bicyclic) bond motifs is 1. The number of nitrogens with one attached hydrogen (secondary N) is 2. The zero-order valence-corrected chi connectivity index (χ0v) is 11.6. The number of carbonyl (C=O) groups is 1. The van der Waals surface area contributed by atoms with Crippen molar-refractivity contribution in [1.29, 1.82) is 0 Å². The number of hydrogen-bond donors (Lipinski definition) is 2. The van der Waals surface area contributed by atoms with Gasteiger partial charge in [0.25, 0.3) is 0 Å². The lowest BCUT2D eigenvalue weighted by atomic mass is 10.2. The van der Waals surface area contributed by atoms with E-state index in [1.165, 1.54) is 0 Å². The van der Waals surface area contributed by atoms with Gasteiger partial charge in [0.05, 0.1) is 6.61 Å². The van der Waals surface area contributed by atoms with Gasteiger partial charge in [-0.3, -0.25) is 5.32 Å². The molecule has 0 spiro atoms. The summed E-state index contributed by atoms with van der Waals surface area (Å²) in [6.45, 7) is 2.05. The molecule has 6 heteroatoms. The van der Waals surface area contributed by atoms with Crippen molar-refractivity contribution >= 4 is 40.0 Å². The van der Waals surface area contributed by atoms with Gasteiger partial charge in [-0.25, -0.2) is 4.79 Å². The number of alkyl carbamates (subject to hydrolysis) is 1. The van der Waals surface area contributed by atoms with E-state index in [2.05, 4.69) is 10.6 Å². The first-order valence-electron chi connectivity index (χ1n) is 5.90. The molecule has 0 saturated heterocycles. The van der Waals surface area contributed by atoms with Gasteiger partial charge < -0.3 is 14.6 Å². The van der Waals surface area contributed by atoms with E-state index in [-0.39, 0.29) is 5.11 Å². The number of aromatic nitrogens is 1. The van der Waals surface area contributed by atoms with Crippen LogP contribution in [0, 0.1) is 0 Å². The van der Waals surface area contributed by atoms with Crippen molar-refractivity contribution in [3.05, 3.63) is 30.5 Å². The van der Waals surface area contributed by atoms with Crippen LogP contribution in [0.1, 0.15) is 6.92 Å². The van der Waals surface area contributed by atoms with Gasteiger partial charge in [-0.1, -0.05) is 6.07 Å². The molecule has 2 N–H and O–H groups in total. The van der Waals surface area contributed by atoms with Crippen LogP contribution < -0.4 is 10.6 Å². The lowest BCUT2D eigenvalue weighted by Gasteiger charge is -2.10. The van der Waals surface area contributed by atoms with E-state index in [1.54, 1.807) is 6.92 Å². The van der Waals surface area contributed by atoms with Gasteiger partial charge in [0.1, 0.15) is 0 Å². The number of ether oxygens (including phenoxy) is 1. The lowest BCUT2D eigenvalue weighted by molar-refractivity contribution is 0.158. The van der Waals surface area contributed by atoms with Gasteiger partial charge in [-0.05, 0) is 37.3 Å². The number of anilines is 1. The summed E-state index contributed by atoms with van der Waals surface area (Å²) in [5.41, 5.74) is 1.93. The van der Waals surface area contributed by atoms with E-state index in [9.17, 15) is 4.79 Å². The first-order chi connectivity index (χ1) is 9.11. The average Bonchev–Trinajstić information content (AvgIpc) is 2.72. The third-order valence-corrected chi connectivity index (χ3v) is 2.87. The number of hydrogen-bond acceptors (Lipinski definition) is 3. The lowest BCUT2D eigenvalue weighted by Crippen LogP contribution is -2.34. The molecule has 19 heavy (non-hydrogen) atoms. The number of aryl methyl sites for hydroxylation is 1. The molecule has 5 nitrogen and oxygen atoms in total. The summed E-state index contributed by atoms with van der Waals surface area (Å²) in [5, 5.41) is 6.70. The minimum atomic E-state index is -0.555. The first kappa shape index (κ1) is 13.4. The molecular formula is C13H15N3O2S. The number of thiocarbonyl (C=S) groups is 1. The largest absolute Gasteiger partial charge is 0.450 e. The Morgan fingerprint density at radius 1 is 1.42 bits per heavy atom. The predicted octanol–water partition coefficient (Wildman–Crippen LogP) is 2.62. The van der Waals surface area contributed by atoms with E-state index in [4.69, 9.17) is 17.0 Å². The molecule has 1 amide bonds. The van der Waals surface area contributed by atoms with Crippen molar-refractivity contribution in [2.45, 2.75) is 6.92 Å². The van der Waals surface area contributed by atoms with Gasteiger partial charge in [-0.2, -0.15) is 0 Å². The molecule has 0 bridgehead atoms. The Kier molecular flexibility index (Phi) is 4.01. The molecule has 0 fully saturated rings. The molecule has 0 aliphatic heterocycles. The maximum atomic E-state index is 11.2. The van der Waals surface area contributed by atoms with Crippen LogP contribution in [0.5, 0.6) is 0 Å². The standard InChI is InChI=1S/C13H15N3O2S/c1-3-18-13(17)15-12(19)14-10-5-4-6-11-9(10)7-8-16(11)2/h4-8H,3H2,1-2H3,(H2,14,15,17,19). The van der Waals surface area contributed by atoms with Gasteiger partial charge in [-0.15, -0.1) is 0 Å². The summed E-state index contributed by atoms with van der Waals surface area (Å²) in [6, 6.07) is 7.84. The Bertz CT molecular complexity index is 621. The molecule has 0 unspecified atom stereocenters. The number of amides is 1. The second-order valence-corrected chi connectivity index (χ2v) is 4.37. The molecule has 100 valence electrons. The summed E-state index contributed by atoms with van der Waals surface area (Å²) in [6.07, 6.45) is 1.41. The van der Waals surface area contributed by atoms with Crippen molar-refractivity contribution in [1.82, 2.24) is 9.88 Å². The zero-order valence-electron chi connectivity index (χ0n) is 10.8. The van der Waals surface area contributed by atoms with Crippen molar-refractivity contribution in [2.24, 2.45) is 7.05 Å². The molecular weight excluding hydrogens is 262 g/mol. The Balaban J connectivity index is 2.13. The molecule has 1 heterocycles. The molecule has 0 atom stereocenters. The van der Waals surface area contributed by atoms with Gasteiger partial charge in [0, 0.05) is 29.8 Å². The van der Waals surface area contributed by atoms with Crippen LogP contribution in [0.2, 0.25) is 0 Å². The molecule has 2 aromatic rings. The SMILES string of the molecule is CCOC(=O)NC(=S)Nc1cccc2c1ccn2C. The van der Waals surface area contributed by atoms with Gasteiger partial charge >= 0.3 is 6.09 Å². The van der Waals surface area contributed by atoms with Crippen LogP contribution in [0.15, 0.2) is 30.5 Å². The fraction of sp³-hybridized carbons (Fsp3) is 0.231. The highest BCUT2D eigenvalue weighted by atomic mass is 32.1. The Morgan fingerprint density at radius 3 is 2.95 bits per heavy atom. The quantitative estimate of drug-likeness (QED) is 0.829. The van der Waals surface area contributed by atoms with E-state index in [1.807, 2.05) is 42.1 Å². The Morgan fingerprint density at radius 2 is 2.21 bits per heavy atom. The highest BCUT2D eigenvalue weighted by molar-refractivity contribution is 7.80. The third-order valence-electron chi connectivity index (χ3n) is 2.67. The van der Waals surface area contributed by atoms with E-state index in [0.717, 1.165) is 16.6 Å². The van der Waals surface area contributed by atoms with Crippen LogP contribution in [0.4, 0.5) is 10.5 Å². The predicted molar refractivity (Wildman–Crippen MR) is 79.3 cm³/mol. The maximum absolute atomic E-state index is 11.2. The number of carbonyl (C=O) groups excluding carboxylic acids is 1. The highest BCUT2D eigenvalue weighted by Gasteiger charge is 2.08. The van der Waals surface area contributed by atoms with Crippen molar-refractivity contribution in [2.75, 3.05) is 11.9 Å². The third kappa shape index (κ3) is 3.03. The molecule has 0 aliphatic carbocycles.